The lowest BCUT2D eigenvalue weighted by Gasteiger charge is -2.16. The summed E-state index contributed by atoms with van der Waals surface area (Å²) < 4.78 is 0. The van der Waals surface area contributed by atoms with Crippen LogP contribution in [0.3, 0.4) is 0 Å². The van der Waals surface area contributed by atoms with Crippen molar-refractivity contribution in [3.05, 3.63) is 46.3 Å². The highest BCUT2D eigenvalue weighted by Crippen LogP contribution is 2.12. The van der Waals surface area contributed by atoms with Gasteiger partial charge in [-0.15, -0.1) is 11.3 Å². The number of aromatic nitrogens is 1. The highest BCUT2D eigenvalue weighted by atomic mass is 32.1. The van der Waals surface area contributed by atoms with Gasteiger partial charge in [-0.2, -0.15) is 0 Å². The summed E-state index contributed by atoms with van der Waals surface area (Å²) in [6, 6.07) is 8.54. The highest BCUT2D eigenvalue weighted by Gasteiger charge is 2.03. The maximum atomic E-state index is 4.30. The third-order valence-electron chi connectivity index (χ3n) is 2.95. The molecule has 0 fully saturated rings. The van der Waals surface area contributed by atoms with Crippen molar-refractivity contribution in [1.29, 1.82) is 0 Å². The van der Waals surface area contributed by atoms with Gasteiger partial charge in [0.15, 0.2) is 0 Å². The third kappa shape index (κ3) is 4.65. The first-order chi connectivity index (χ1) is 9.28. The molecule has 0 spiro atoms. The largest absolute Gasteiger partial charge is 0.370 e. The molecule has 2 aromatic rings. The Kier molecular flexibility index (Phi) is 5.36. The first-order valence-electron chi connectivity index (χ1n) is 6.67. The van der Waals surface area contributed by atoms with Crippen LogP contribution in [-0.4, -0.2) is 30.0 Å². The molecule has 2 aromatic heterocycles. The molecule has 4 heteroatoms. The summed E-state index contributed by atoms with van der Waals surface area (Å²) in [6.07, 6.45) is 3.00. The first-order valence-corrected chi connectivity index (χ1v) is 7.55. The van der Waals surface area contributed by atoms with Crippen LogP contribution in [0.25, 0.3) is 0 Å². The molecule has 0 bridgehead atoms. The van der Waals surface area contributed by atoms with Gasteiger partial charge in [0.2, 0.25) is 0 Å². The topological polar surface area (TPSA) is 28.2 Å². The van der Waals surface area contributed by atoms with Crippen LogP contribution in [0.2, 0.25) is 0 Å². The molecule has 0 unspecified atom stereocenters. The smallest absolute Gasteiger partial charge is 0.126 e. The summed E-state index contributed by atoms with van der Waals surface area (Å²) in [7, 11) is 2.17. The Hall–Kier alpha value is -1.39. The second-order valence-corrected chi connectivity index (χ2v) is 5.68. The Morgan fingerprint density at radius 3 is 3.00 bits per heavy atom. The second-order valence-electron chi connectivity index (χ2n) is 4.65. The zero-order valence-corrected chi connectivity index (χ0v) is 12.4. The molecule has 0 aliphatic rings. The molecule has 3 nitrogen and oxygen atoms in total. The molecular weight excluding hydrogens is 254 g/mol. The second kappa shape index (κ2) is 7.26. The van der Waals surface area contributed by atoms with E-state index in [1.165, 1.54) is 10.4 Å². The Morgan fingerprint density at radius 1 is 1.37 bits per heavy atom. The third-order valence-corrected chi connectivity index (χ3v) is 3.89. The summed E-state index contributed by atoms with van der Waals surface area (Å²) in [5.74, 6) is 0.964. The quantitative estimate of drug-likeness (QED) is 0.840. The molecule has 0 amide bonds. The van der Waals surface area contributed by atoms with Gasteiger partial charge in [-0.25, -0.2) is 4.98 Å². The van der Waals surface area contributed by atoms with Crippen molar-refractivity contribution < 1.29 is 0 Å². The molecule has 0 saturated heterocycles. The molecule has 102 valence electrons. The summed E-state index contributed by atoms with van der Waals surface area (Å²) in [5, 5.41) is 5.39. The predicted octanol–water partition coefficient (Wildman–Crippen LogP) is 3.25. The average molecular weight is 275 g/mol. The van der Waals surface area contributed by atoms with Crippen molar-refractivity contribution in [2.75, 3.05) is 25.5 Å². The number of hydrogen-bond acceptors (Lipinski definition) is 4. The van der Waals surface area contributed by atoms with E-state index < -0.39 is 0 Å². The van der Waals surface area contributed by atoms with E-state index in [-0.39, 0.29) is 0 Å². The molecule has 0 aromatic carbocycles. The number of thiophene rings is 1. The number of anilines is 1. The standard InChI is InChI=1S/C15H21N3S/c1-3-16-15-11-13(6-8-17-15)12-18(2)9-7-14-5-4-10-19-14/h4-6,8,10-11H,3,7,9,12H2,1-2H3,(H,16,17). The van der Waals surface area contributed by atoms with Crippen molar-refractivity contribution in [2.45, 2.75) is 19.9 Å². The maximum absolute atomic E-state index is 4.30. The Bertz CT molecular complexity index is 482. The number of rotatable bonds is 7. The van der Waals surface area contributed by atoms with E-state index in [2.05, 4.69) is 58.8 Å². The van der Waals surface area contributed by atoms with Crippen LogP contribution < -0.4 is 5.32 Å². The van der Waals surface area contributed by atoms with Crippen molar-refractivity contribution in [2.24, 2.45) is 0 Å². The average Bonchev–Trinajstić information content (AvgIpc) is 2.90. The molecule has 0 radical (unpaired) electrons. The number of nitrogens with one attached hydrogen (secondary N) is 1. The van der Waals surface area contributed by atoms with E-state index in [1.54, 1.807) is 0 Å². The Balaban J connectivity index is 1.84. The SMILES string of the molecule is CCNc1cc(CN(C)CCc2cccs2)ccn1. The normalized spacial score (nSPS) is 10.9. The van der Waals surface area contributed by atoms with Crippen LogP contribution in [0.1, 0.15) is 17.4 Å². The van der Waals surface area contributed by atoms with E-state index >= 15 is 0 Å². The van der Waals surface area contributed by atoms with Crippen molar-refractivity contribution in [1.82, 2.24) is 9.88 Å². The van der Waals surface area contributed by atoms with Crippen LogP contribution in [-0.2, 0) is 13.0 Å². The molecule has 2 rings (SSSR count). The van der Waals surface area contributed by atoms with Gasteiger partial charge in [-0.05, 0) is 49.5 Å². The summed E-state index contributed by atoms with van der Waals surface area (Å²) >= 11 is 1.83. The van der Waals surface area contributed by atoms with Crippen molar-refractivity contribution >= 4 is 17.2 Å². The van der Waals surface area contributed by atoms with E-state index in [1.807, 2.05) is 17.5 Å². The molecule has 0 atom stereocenters. The van der Waals surface area contributed by atoms with Crippen LogP contribution in [0, 0.1) is 0 Å². The van der Waals surface area contributed by atoms with Gasteiger partial charge in [-0.3, -0.25) is 0 Å². The Labute approximate surface area is 119 Å². The lowest BCUT2D eigenvalue weighted by Crippen LogP contribution is -2.20. The summed E-state index contributed by atoms with van der Waals surface area (Å²) in [4.78, 5) is 8.10. The lowest BCUT2D eigenvalue weighted by molar-refractivity contribution is 0.332. The van der Waals surface area contributed by atoms with Gasteiger partial charge in [0.1, 0.15) is 5.82 Å². The molecule has 1 N–H and O–H groups in total. The highest BCUT2D eigenvalue weighted by molar-refractivity contribution is 7.09. The number of pyridine rings is 1. The van der Waals surface area contributed by atoms with E-state index in [0.29, 0.717) is 0 Å². The van der Waals surface area contributed by atoms with E-state index in [4.69, 9.17) is 0 Å². The zero-order valence-electron chi connectivity index (χ0n) is 11.6. The summed E-state index contributed by atoms with van der Waals surface area (Å²) in [6.45, 7) is 5.04. The number of likely N-dealkylation sites (N-methyl/N-ethyl adjacent to an activating group) is 1. The van der Waals surface area contributed by atoms with Gasteiger partial charge in [0.25, 0.3) is 0 Å². The van der Waals surface area contributed by atoms with Gasteiger partial charge < -0.3 is 10.2 Å². The van der Waals surface area contributed by atoms with Gasteiger partial charge in [0.05, 0.1) is 0 Å². The monoisotopic (exact) mass is 275 g/mol. The molecule has 0 aliphatic heterocycles. The molecule has 0 saturated carbocycles. The molecule has 0 aliphatic carbocycles. The molecule has 19 heavy (non-hydrogen) atoms. The van der Waals surface area contributed by atoms with Crippen LogP contribution in [0.15, 0.2) is 35.8 Å². The van der Waals surface area contributed by atoms with Crippen molar-refractivity contribution in [3.63, 3.8) is 0 Å². The number of hydrogen-bond donors (Lipinski definition) is 1. The minimum atomic E-state index is 0.907. The maximum Gasteiger partial charge on any atom is 0.126 e. The van der Waals surface area contributed by atoms with Crippen LogP contribution in [0.5, 0.6) is 0 Å². The van der Waals surface area contributed by atoms with Gasteiger partial charge in [0, 0.05) is 30.7 Å². The van der Waals surface area contributed by atoms with E-state index in [0.717, 1.165) is 31.9 Å². The van der Waals surface area contributed by atoms with Crippen molar-refractivity contribution in [3.8, 4) is 0 Å². The Morgan fingerprint density at radius 2 is 2.26 bits per heavy atom. The minimum absolute atomic E-state index is 0.907. The van der Waals surface area contributed by atoms with Crippen LogP contribution in [0.4, 0.5) is 5.82 Å². The number of nitrogens with zero attached hydrogens (tertiary/aromatic N) is 2. The predicted molar refractivity (Wildman–Crippen MR) is 82.8 cm³/mol. The molecular formula is C15H21N3S. The van der Waals surface area contributed by atoms with E-state index in [9.17, 15) is 0 Å². The molecule has 2 heterocycles. The minimum Gasteiger partial charge on any atom is -0.370 e. The fourth-order valence-corrected chi connectivity index (χ4v) is 2.70. The fraction of sp³-hybridized carbons (Fsp3) is 0.400. The zero-order chi connectivity index (χ0) is 13.5. The fourth-order valence-electron chi connectivity index (χ4n) is 2.00. The van der Waals surface area contributed by atoms with Gasteiger partial charge >= 0.3 is 0 Å². The van der Waals surface area contributed by atoms with Crippen LogP contribution >= 0.6 is 11.3 Å². The first kappa shape index (κ1) is 14.0. The lowest BCUT2D eigenvalue weighted by atomic mass is 10.2. The van der Waals surface area contributed by atoms with Gasteiger partial charge in [-0.1, -0.05) is 6.07 Å². The summed E-state index contributed by atoms with van der Waals surface area (Å²) in [5.41, 5.74) is 1.31.